The summed E-state index contributed by atoms with van der Waals surface area (Å²) < 4.78 is 10.9. The molecule has 2 amide bonds. The first-order chi connectivity index (χ1) is 14.0. The van der Waals surface area contributed by atoms with Crippen molar-refractivity contribution < 1.29 is 19.1 Å². The molecule has 0 bridgehead atoms. The van der Waals surface area contributed by atoms with E-state index in [2.05, 4.69) is 19.2 Å². The Bertz CT molecular complexity index is 840. The molecular formula is C23H28N2O4. The van der Waals surface area contributed by atoms with E-state index in [-0.39, 0.29) is 30.5 Å². The quantitative estimate of drug-likeness (QED) is 0.798. The van der Waals surface area contributed by atoms with Crippen LogP contribution in [0.2, 0.25) is 0 Å². The second-order valence-corrected chi connectivity index (χ2v) is 7.40. The standard InChI is InChI=1S/C23H28N2O4/c1-16-7-6-8-17(2)25(16)22(26)15-29-19-13-11-18(12-14-19)24-23(27)20-9-4-5-10-21(20)28-3/h4-5,9-14,16-17H,6-8,15H2,1-3H3,(H,24,27)/t16-,17-/m0/s1. The molecular weight excluding hydrogens is 368 g/mol. The van der Waals surface area contributed by atoms with Crippen LogP contribution >= 0.6 is 0 Å². The number of anilines is 1. The number of benzene rings is 2. The first-order valence-corrected chi connectivity index (χ1v) is 9.98. The van der Waals surface area contributed by atoms with Gasteiger partial charge in [-0.3, -0.25) is 9.59 Å². The van der Waals surface area contributed by atoms with Crippen molar-refractivity contribution >= 4 is 17.5 Å². The Morgan fingerprint density at radius 2 is 1.69 bits per heavy atom. The number of nitrogens with zero attached hydrogens (tertiary/aromatic N) is 1. The molecule has 0 aliphatic carbocycles. The third-order valence-electron chi connectivity index (χ3n) is 5.31. The molecule has 6 nitrogen and oxygen atoms in total. The van der Waals surface area contributed by atoms with Gasteiger partial charge in [-0.2, -0.15) is 0 Å². The summed E-state index contributed by atoms with van der Waals surface area (Å²) in [5, 5.41) is 2.84. The molecule has 0 unspecified atom stereocenters. The van der Waals surface area contributed by atoms with E-state index in [0.29, 0.717) is 22.7 Å². The number of methoxy groups -OCH3 is 1. The molecule has 6 heteroatoms. The number of amides is 2. The van der Waals surface area contributed by atoms with E-state index in [1.807, 2.05) is 11.0 Å². The highest BCUT2D eigenvalue weighted by Gasteiger charge is 2.28. The molecule has 0 saturated carbocycles. The topological polar surface area (TPSA) is 67.9 Å². The summed E-state index contributed by atoms with van der Waals surface area (Å²) in [5.74, 6) is 0.869. The first kappa shape index (κ1) is 20.7. The number of hydrogen-bond acceptors (Lipinski definition) is 4. The number of carbonyl (C=O) groups is 2. The number of rotatable bonds is 6. The van der Waals surface area contributed by atoms with Crippen LogP contribution in [0.25, 0.3) is 0 Å². The molecule has 0 aromatic heterocycles. The van der Waals surface area contributed by atoms with Crippen molar-refractivity contribution in [2.45, 2.75) is 45.2 Å². The van der Waals surface area contributed by atoms with Crippen molar-refractivity contribution in [3.8, 4) is 11.5 Å². The summed E-state index contributed by atoms with van der Waals surface area (Å²) in [6, 6.07) is 14.5. The Morgan fingerprint density at radius 3 is 2.34 bits per heavy atom. The maximum atomic E-state index is 12.6. The number of carbonyl (C=O) groups excluding carboxylic acids is 2. The third kappa shape index (κ3) is 5.08. The van der Waals surface area contributed by atoms with Gasteiger partial charge in [0.15, 0.2) is 6.61 Å². The van der Waals surface area contributed by atoms with Crippen LogP contribution in [0, 0.1) is 0 Å². The molecule has 0 spiro atoms. The molecule has 1 fully saturated rings. The lowest BCUT2D eigenvalue weighted by Gasteiger charge is -2.38. The predicted octanol–water partition coefficient (Wildman–Crippen LogP) is 4.12. The molecule has 1 aliphatic heterocycles. The van der Waals surface area contributed by atoms with Gasteiger partial charge in [-0.05, 0) is 69.5 Å². The zero-order valence-electron chi connectivity index (χ0n) is 17.2. The van der Waals surface area contributed by atoms with Crippen molar-refractivity contribution in [2.75, 3.05) is 19.0 Å². The molecule has 1 heterocycles. The summed E-state index contributed by atoms with van der Waals surface area (Å²) in [5.41, 5.74) is 1.10. The van der Waals surface area contributed by atoms with E-state index in [0.717, 1.165) is 19.3 Å². The summed E-state index contributed by atoms with van der Waals surface area (Å²) >= 11 is 0. The van der Waals surface area contributed by atoms with E-state index >= 15 is 0 Å². The zero-order valence-corrected chi connectivity index (χ0v) is 17.2. The van der Waals surface area contributed by atoms with Gasteiger partial charge in [-0.15, -0.1) is 0 Å². The Labute approximate surface area is 171 Å². The van der Waals surface area contributed by atoms with Gasteiger partial charge in [0, 0.05) is 17.8 Å². The van der Waals surface area contributed by atoms with Crippen LogP contribution in [0.1, 0.15) is 43.5 Å². The molecule has 2 atom stereocenters. The maximum Gasteiger partial charge on any atom is 0.260 e. The summed E-state index contributed by atoms with van der Waals surface area (Å²) in [6.07, 6.45) is 3.24. The van der Waals surface area contributed by atoms with Crippen LogP contribution in [0.4, 0.5) is 5.69 Å². The molecule has 154 valence electrons. The number of piperidine rings is 1. The van der Waals surface area contributed by atoms with E-state index in [9.17, 15) is 9.59 Å². The minimum Gasteiger partial charge on any atom is -0.496 e. The fourth-order valence-corrected chi connectivity index (χ4v) is 3.80. The number of ether oxygens (including phenoxy) is 2. The summed E-state index contributed by atoms with van der Waals surface area (Å²) in [6.45, 7) is 4.20. The number of para-hydroxylation sites is 1. The highest BCUT2D eigenvalue weighted by molar-refractivity contribution is 6.06. The molecule has 1 saturated heterocycles. The van der Waals surface area contributed by atoms with Crippen LogP contribution < -0.4 is 14.8 Å². The number of hydrogen-bond donors (Lipinski definition) is 1. The average molecular weight is 396 g/mol. The fraction of sp³-hybridized carbons (Fsp3) is 0.391. The predicted molar refractivity (Wildman–Crippen MR) is 113 cm³/mol. The van der Waals surface area contributed by atoms with Crippen molar-refractivity contribution in [1.82, 2.24) is 4.90 Å². The Morgan fingerprint density at radius 1 is 1.03 bits per heavy atom. The fourth-order valence-electron chi connectivity index (χ4n) is 3.80. The molecule has 0 radical (unpaired) electrons. The monoisotopic (exact) mass is 396 g/mol. The minimum atomic E-state index is -0.251. The Kier molecular flexibility index (Phi) is 6.75. The van der Waals surface area contributed by atoms with Gasteiger partial charge < -0.3 is 19.7 Å². The highest BCUT2D eigenvalue weighted by Crippen LogP contribution is 2.24. The van der Waals surface area contributed by atoms with Gasteiger partial charge in [0.25, 0.3) is 11.8 Å². The largest absolute Gasteiger partial charge is 0.496 e. The van der Waals surface area contributed by atoms with E-state index in [1.54, 1.807) is 42.5 Å². The zero-order chi connectivity index (χ0) is 20.8. The van der Waals surface area contributed by atoms with Gasteiger partial charge in [0.05, 0.1) is 12.7 Å². The van der Waals surface area contributed by atoms with Crippen LogP contribution in [0.3, 0.4) is 0 Å². The van der Waals surface area contributed by atoms with E-state index in [4.69, 9.17) is 9.47 Å². The highest BCUT2D eigenvalue weighted by atomic mass is 16.5. The van der Waals surface area contributed by atoms with Crippen LogP contribution in [-0.2, 0) is 4.79 Å². The molecule has 29 heavy (non-hydrogen) atoms. The molecule has 3 rings (SSSR count). The molecule has 2 aromatic rings. The van der Waals surface area contributed by atoms with Crippen LogP contribution in [-0.4, -0.2) is 42.5 Å². The van der Waals surface area contributed by atoms with Gasteiger partial charge in [0.1, 0.15) is 11.5 Å². The lowest BCUT2D eigenvalue weighted by atomic mass is 9.97. The van der Waals surface area contributed by atoms with Crippen molar-refractivity contribution in [1.29, 1.82) is 0 Å². The van der Waals surface area contributed by atoms with Crippen molar-refractivity contribution in [3.63, 3.8) is 0 Å². The molecule has 2 aromatic carbocycles. The van der Waals surface area contributed by atoms with E-state index in [1.165, 1.54) is 7.11 Å². The van der Waals surface area contributed by atoms with Gasteiger partial charge in [-0.1, -0.05) is 12.1 Å². The number of nitrogens with one attached hydrogen (secondary N) is 1. The smallest absolute Gasteiger partial charge is 0.260 e. The maximum absolute atomic E-state index is 12.6. The van der Waals surface area contributed by atoms with Crippen molar-refractivity contribution in [3.05, 3.63) is 54.1 Å². The SMILES string of the molecule is COc1ccccc1C(=O)Nc1ccc(OCC(=O)N2[C@@H](C)CCC[C@@H]2C)cc1. The summed E-state index contributed by atoms with van der Waals surface area (Å²) in [4.78, 5) is 26.9. The lowest BCUT2D eigenvalue weighted by Crippen LogP contribution is -2.49. The van der Waals surface area contributed by atoms with Gasteiger partial charge in [-0.25, -0.2) is 0 Å². The van der Waals surface area contributed by atoms with E-state index < -0.39 is 0 Å². The Balaban J connectivity index is 1.56. The van der Waals surface area contributed by atoms with Crippen LogP contribution in [0.5, 0.6) is 11.5 Å². The second-order valence-electron chi connectivity index (χ2n) is 7.40. The Hall–Kier alpha value is -3.02. The molecule has 1 aliphatic rings. The average Bonchev–Trinajstić information content (AvgIpc) is 2.73. The first-order valence-electron chi connectivity index (χ1n) is 9.98. The second kappa shape index (κ2) is 9.45. The number of likely N-dealkylation sites (tertiary alicyclic amines) is 1. The van der Waals surface area contributed by atoms with Gasteiger partial charge >= 0.3 is 0 Å². The third-order valence-corrected chi connectivity index (χ3v) is 5.31. The molecule has 1 N–H and O–H groups in total. The summed E-state index contributed by atoms with van der Waals surface area (Å²) in [7, 11) is 1.53. The van der Waals surface area contributed by atoms with Crippen molar-refractivity contribution in [2.24, 2.45) is 0 Å². The van der Waals surface area contributed by atoms with Crippen LogP contribution in [0.15, 0.2) is 48.5 Å². The van der Waals surface area contributed by atoms with Gasteiger partial charge in [0.2, 0.25) is 0 Å². The lowest BCUT2D eigenvalue weighted by molar-refractivity contribution is -0.139. The normalized spacial score (nSPS) is 18.8. The minimum absolute atomic E-state index is 0.0123.